The largest absolute Gasteiger partial charge is 0.493 e. The maximum Gasteiger partial charge on any atom is 0.262 e. The molecule has 1 amide bonds. The van der Waals surface area contributed by atoms with E-state index in [4.69, 9.17) is 9.47 Å². The SMILES string of the molecule is COc1cc(/C=C2\SC(Nc3ccccc3)N([C@H]3CCCC[C@@H]3C)C2=O)cc(Br)c1OCc1ccc(Br)cc1. The molecule has 5 rings (SSSR count). The number of ether oxygens (including phenoxy) is 2. The number of rotatable bonds is 8. The minimum Gasteiger partial charge on any atom is -0.493 e. The third kappa shape index (κ3) is 6.67. The molecule has 0 bridgehead atoms. The van der Waals surface area contributed by atoms with Crippen LogP contribution in [0.1, 0.15) is 43.7 Å². The molecule has 1 aliphatic heterocycles. The van der Waals surface area contributed by atoms with Gasteiger partial charge in [0.05, 0.1) is 16.5 Å². The normalized spacial score (nSPS) is 22.3. The lowest BCUT2D eigenvalue weighted by Crippen LogP contribution is -2.48. The van der Waals surface area contributed by atoms with Crippen molar-refractivity contribution in [3.63, 3.8) is 0 Å². The van der Waals surface area contributed by atoms with Crippen molar-refractivity contribution in [1.82, 2.24) is 4.90 Å². The van der Waals surface area contributed by atoms with Crippen molar-refractivity contribution >= 4 is 61.3 Å². The van der Waals surface area contributed by atoms with Crippen LogP contribution in [0.5, 0.6) is 11.5 Å². The van der Waals surface area contributed by atoms with E-state index in [-0.39, 0.29) is 17.4 Å². The zero-order valence-electron chi connectivity index (χ0n) is 22.0. The lowest BCUT2D eigenvalue weighted by molar-refractivity contribution is -0.129. The van der Waals surface area contributed by atoms with E-state index >= 15 is 0 Å². The highest BCUT2D eigenvalue weighted by molar-refractivity contribution is 9.10. The molecule has 1 aliphatic carbocycles. The molecule has 1 saturated heterocycles. The zero-order valence-corrected chi connectivity index (χ0v) is 26.0. The number of hydrogen-bond acceptors (Lipinski definition) is 5. The molecule has 0 radical (unpaired) electrons. The Hall–Kier alpha value is -2.42. The van der Waals surface area contributed by atoms with Crippen LogP contribution in [0.3, 0.4) is 0 Å². The van der Waals surface area contributed by atoms with Crippen molar-refractivity contribution < 1.29 is 14.3 Å². The van der Waals surface area contributed by atoms with Crippen molar-refractivity contribution in [2.75, 3.05) is 12.4 Å². The number of hydrogen-bond donors (Lipinski definition) is 1. The molecule has 1 heterocycles. The Labute approximate surface area is 251 Å². The summed E-state index contributed by atoms with van der Waals surface area (Å²) in [5.41, 5.74) is 2.78. The monoisotopic (exact) mass is 670 g/mol. The number of carbonyl (C=O) groups is 1. The van der Waals surface area contributed by atoms with Crippen LogP contribution >= 0.6 is 43.6 Å². The van der Waals surface area contributed by atoms with Crippen LogP contribution < -0.4 is 14.8 Å². The second-order valence-corrected chi connectivity index (χ2v) is 12.9. The van der Waals surface area contributed by atoms with E-state index in [2.05, 4.69) is 49.0 Å². The standard InChI is InChI=1S/C31H32Br2N2O3S/c1-20-8-6-7-11-26(20)35-30(36)28(39-31(35)34-24-9-4-3-5-10-24)18-22-16-25(33)29(27(17-22)37-2)38-19-21-12-14-23(32)15-13-21/h3-5,9-10,12-18,20,26,31,34H,6-8,11,19H2,1-2H3/b28-18-/t20-,26-,31?/m0/s1. The molecular formula is C31H32Br2N2O3S. The molecule has 2 fully saturated rings. The first-order valence-electron chi connectivity index (χ1n) is 13.2. The van der Waals surface area contributed by atoms with E-state index in [9.17, 15) is 4.79 Å². The average Bonchev–Trinajstić information content (AvgIpc) is 3.23. The number of amides is 1. The number of nitrogens with zero attached hydrogens (tertiary/aromatic N) is 1. The van der Waals surface area contributed by atoms with Gasteiger partial charge in [-0.3, -0.25) is 4.79 Å². The second kappa shape index (κ2) is 12.8. The van der Waals surface area contributed by atoms with Gasteiger partial charge in [-0.15, -0.1) is 0 Å². The quantitative estimate of drug-likeness (QED) is 0.243. The van der Waals surface area contributed by atoms with Crippen molar-refractivity contribution in [1.29, 1.82) is 0 Å². The third-order valence-corrected chi connectivity index (χ3v) is 9.50. The maximum atomic E-state index is 13.9. The Morgan fingerprint density at radius 1 is 1.05 bits per heavy atom. The summed E-state index contributed by atoms with van der Waals surface area (Å²) in [6.07, 6.45) is 6.55. The number of para-hydroxylation sites is 1. The predicted octanol–water partition coefficient (Wildman–Crippen LogP) is 8.69. The Morgan fingerprint density at radius 3 is 2.51 bits per heavy atom. The third-order valence-electron chi connectivity index (χ3n) is 7.27. The van der Waals surface area contributed by atoms with Crippen LogP contribution in [0.25, 0.3) is 6.08 Å². The van der Waals surface area contributed by atoms with E-state index in [1.807, 2.05) is 72.8 Å². The Balaban J connectivity index is 1.40. The molecule has 8 heteroatoms. The number of benzene rings is 3. The smallest absolute Gasteiger partial charge is 0.262 e. The summed E-state index contributed by atoms with van der Waals surface area (Å²) in [7, 11) is 1.63. The van der Waals surface area contributed by atoms with Crippen LogP contribution in [-0.2, 0) is 11.4 Å². The highest BCUT2D eigenvalue weighted by Crippen LogP contribution is 2.43. The van der Waals surface area contributed by atoms with Crippen LogP contribution in [0.4, 0.5) is 5.69 Å². The highest BCUT2D eigenvalue weighted by Gasteiger charge is 2.42. The molecule has 0 aromatic heterocycles. The number of methoxy groups -OCH3 is 1. The molecule has 1 unspecified atom stereocenters. The fraction of sp³-hybridized carbons (Fsp3) is 0.323. The van der Waals surface area contributed by atoms with Crippen molar-refractivity contribution in [3.05, 3.63) is 91.7 Å². The van der Waals surface area contributed by atoms with Gasteiger partial charge in [0.2, 0.25) is 0 Å². The maximum absolute atomic E-state index is 13.9. The van der Waals surface area contributed by atoms with E-state index in [0.717, 1.165) is 49.9 Å². The summed E-state index contributed by atoms with van der Waals surface area (Å²) in [5.74, 6) is 1.80. The van der Waals surface area contributed by atoms with Crippen molar-refractivity contribution in [2.24, 2.45) is 5.92 Å². The highest BCUT2D eigenvalue weighted by atomic mass is 79.9. The molecule has 3 atom stereocenters. The Bertz CT molecular complexity index is 1330. The van der Waals surface area contributed by atoms with E-state index < -0.39 is 0 Å². The first-order chi connectivity index (χ1) is 18.9. The first kappa shape index (κ1) is 28.1. The average molecular weight is 672 g/mol. The number of anilines is 1. The fourth-order valence-electron chi connectivity index (χ4n) is 5.22. The van der Waals surface area contributed by atoms with Gasteiger partial charge in [-0.05, 0) is 88.3 Å². The molecule has 0 spiro atoms. The summed E-state index contributed by atoms with van der Waals surface area (Å²) in [5, 5.41) is 3.60. The van der Waals surface area contributed by atoms with Gasteiger partial charge in [0.15, 0.2) is 17.0 Å². The molecular weight excluding hydrogens is 640 g/mol. The molecule has 1 saturated carbocycles. The minimum absolute atomic E-state index is 0.0813. The van der Waals surface area contributed by atoms with Crippen molar-refractivity contribution in [3.8, 4) is 11.5 Å². The zero-order chi connectivity index (χ0) is 27.4. The summed E-state index contributed by atoms with van der Waals surface area (Å²) < 4.78 is 13.6. The lowest BCUT2D eigenvalue weighted by Gasteiger charge is -2.39. The number of carbonyl (C=O) groups excluding carboxylic acids is 1. The Morgan fingerprint density at radius 2 is 1.79 bits per heavy atom. The molecule has 3 aromatic carbocycles. The first-order valence-corrected chi connectivity index (χ1v) is 15.7. The van der Waals surface area contributed by atoms with Gasteiger partial charge in [0.1, 0.15) is 6.61 Å². The van der Waals surface area contributed by atoms with Crippen LogP contribution in [0.2, 0.25) is 0 Å². The second-order valence-electron chi connectivity index (χ2n) is 9.98. The summed E-state index contributed by atoms with van der Waals surface area (Å²) in [4.78, 5) is 16.7. The molecule has 204 valence electrons. The van der Waals surface area contributed by atoms with E-state index in [1.165, 1.54) is 6.42 Å². The molecule has 2 aliphatic rings. The van der Waals surface area contributed by atoms with Crippen LogP contribution in [0.15, 0.2) is 80.6 Å². The van der Waals surface area contributed by atoms with Gasteiger partial charge in [0, 0.05) is 16.2 Å². The Kier molecular flexibility index (Phi) is 9.25. The van der Waals surface area contributed by atoms with Gasteiger partial charge < -0.3 is 19.7 Å². The summed E-state index contributed by atoms with van der Waals surface area (Å²) in [6.45, 7) is 2.69. The number of nitrogens with one attached hydrogen (secondary N) is 1. The molecule has 39 heavy (non-hydrogen) atoms. The molecule has 1 N–H and O–H groups in total. The topological polar surface area (TPSA) is 50.8 Å². The minimum atomic E-state index is -0.157. The molecule has 3 aromatic rings. The fourth-order valence-corrected chi connectivity index (χ4v) is 7.27. The van der Waals surface area contributed by atoms with Gasteiger partial charge in [-0.25, -0.2) is 0 Å². The van der Waals surface area contributed by atoms with Crippen LogP contribution in [-0.4, -0.2) is 29.5 Å². The predicted molar refractivity (Wildman–Crippen MR) is 167 cm³/mol. The van der Waals surface area contributed by atoms with Crippen molar-refractivity contribution in [2.45, 2.75) is 50.8 Å². The molecule has 5 nitrogen and oxygen atoms in total. The number of thioether (sulfide) groups is 1. The van der Waals surface area contributed by atoms with Gasteiger partial charge in [-0.1, -0.05) is 77.8 Å². The van der Waals surface area contributed by atoms with Crippen LogP contribution in [0, 0.1) is 5.92 Å². The van der Waals surface area contributed by atoms with Gasteiger partial charge >= 0.3 is 0 Å². The van der Waals surface area contributed by atoms with Gasteiger partial charge in [0.25, 0.3) is 5.91 Å². The summed E-state index contributed by atoms with van der Waals surface area (Å²) >= 11 is 8.72. The van der Waals surface area contributed by atoms with Gasteiger partial charge in [-0.2, -0.15) is 0 Å². The van der Waals surface area contributed by atoms with E-state index in [0.29, 0.717) is 24.0 Å². The summed E-state index contributed by atoms with van der Waals surface area (Å²) in [6, 6.07) is 22.3. The number of halogens is 2. The van der Waals surface area contributed by atoms with E-state index in [1.54, 1.807) is 18.9 Å². The lowest BCUT2D eigenvalue weighted by atomic mass is 9.85.